The lowest BCUT2D eigenvalue weighted by Gasteiger charge is -2.59. The second-order valence-corrected chi connectivity index (χ2v) is 12.7. The van der Waals surface area contributed by atoms with Gasteiger partial charge in [0.05, 0.1) is 16.7 Å². The van der Waals surface area contributed by atoms with Crippen LogP contribution in [0, 0.1) is 40.4 Å². The van der Waals surface area contributed by atoms with Crippen molar-refractivity contribution < 1.29 is 30.0 Å². The lowest BCUT2D eigenvalue weighted by molar-refractivity contribution is -0.155. The maximum atomic E-state index is 11.7. The summed E-state index contributed by atoms with van der Waals surface area (Å²) < 4.78 is 0. The van der Waals surface area contributed by atoms with Gasteiger partial charge in [0.2, 0.25) is 0 Å². The zero-order valence-corrected chi connectivity index (χ0v) is 21.3. The van der Waals surface area contributed by atoms with Gasteiger partial charge < -0.3 is 20.4 Å². The molecule has 1 aromatic carbocycles. The molecule has 0 heterocycles. The van der Waals surface area contributed by atoms with Gasteiger partial charge >= 0.3 is 0 Å². The van der Waals surface area contributed by atoms with Crippen LogP contribution in [0.2, 0.25) is 0 Å². The number of aliphatic hydroxyl groups is 1. The minimum Gasteiger partial charge on any atom is -0.507 e. The van der Waals surface area contributed by atoms with Gasteiger partial charge in [0.1, 0.15) is 17.2 Å². The Kier molecular flexibility index (Phi) is 5.87. The topological polar surface area (TPSA) is 115 Å². The first kappa shape index (κ1) is 25.0. The summed E-state index contributed by atoms with van der Waals surface area (Å²) in [5.41, 5.74) is -1.40. The highest BCUT2D eigenvalue weighted by Crippen LogP contribution is 2.76. The standard InChI is InChI=1S/C28H40O6/c1-14(2)11-15(20-23(32)16(12-29)22(31)17(13-30)24(20)33)18-8-10-28(6,34)25-21-19(26(21,3)4)7-9-27(18,25)5/h12-15,18-19,21,25,31-34H,7-11H2,1-6H3/t15?,18?,19?,21?,25?,27-,28?/m0/s1. The van der Waals surface area contributed by atoms with Crippen molar-refractivity contribution in [2.24, 2.45) is 40.4 Å². The van der Waals surface area contributed by atoms with Gasteiger partial charge in [0.15, 0.2) is 12.6 Å². The normalized spacial score (nSPS) is 36.9. The van der Waals surface area contributed by atoms with Gasteiger partial charge in [-0.25, -0.2) is 0 Å². The van der Waals surface area contributed by atoms with Crippen molar-refractivity contribution in [3.63, 3.8) is 0 Å². The van der Waals surface area contributed by atoms with E-state index in [0.717, 1.165) is 12.8 Å². The fraction of sp³-hybridized carbons (Fsp3) is 0.714. The third kappa shape index (κ3) is 3.39. The van der Waals surface area contributed by atoms with Gasteiger partial charge in [0.25, 0.3) is 0 Å². The number of hydrogen-bond donors (Lipinski definition) is 4. The van der Waals surface area contributed by atoms with E-state index in [4.69, 9.17) is 0 Å². The first-order chi connectivity index (χ1) is 15.7. The lowest BCUT2D eigenvalue weighted by Crippen LogP contribution is -2.56. The van der Waals surface area contributed by atoms with Crippen LogP contribution in [-0.2, 0) is 0 Å². The molecule has 3 saturated carbocycles. The summed E-state index contributed by atoms with van der Waals surface area (Å²) in [6.45, 7) is 13.0. The van der Waals surface area contributed by atoms with Crippen molar-refractivity contribution in [1.82, 2.24) is 0 Å². The quantitative estimate of drug-likeness (QED) is 0.412. The largest absolute Gasteiger partial charge is 0.507 e. The number of fused-ring (bicyclic) bond motifs is 3. The first-order valence-electron chi connectivity index (χ1n) is 12.7. The third-order valence-electron chi connectivity index (χ3n) is 10.0. The summed E-state index contributed by atoms with van der Waals surface area (Å²) in [6.07, 6.45) is 4.66. The Balaban J connectivity index is 1.90. The van der Waals surface area contributed by atoms with Gasteiger partial charge in [-0.2, -0.15) is 0 Å². The molecular formula is C28H40O6. The van der Waals surface area contributed by atoms with E-state index in [1.165, 1.54) is 0 Å². The highest BCUT2D eigenvalue weighted by molar-refractivity contribution is 5.95. The molecule has 0 bridgehead atoms. The Morgan fingerprint density at radius 1 is 0.912 bits per heavy atom. The van der Waals surface area contributed by atoms with E-state index >= 15 is 0 Å². The van der Waals surface area contributed by atoms with Gasteiger partial charge in [-0.15, -0.1) is 0 Å². The smallest absolute Gasteiger partial charge is 0.157 e. The molecule has 4 rings (SSSR count). The molecule has 0 saturated heterocycles. The predicted molar refractivity (Wildman–Crippen MR) is 129 cm³/mol. The van der Waals surface area contributed by atoms with Crippen molar-refractivity contribution in [2.75, 3.05) is 0 Å². The number of carbonyl (C=O) groups excluding carboxylic acids is 2. The summed E-state index contributed by atoms with van der Waals surface area (Å²) in [6, 6.07) is 0. The van der Waals surface area contributed by atoms with E-state index in [1.807, 2.05) is 6.92 Å². The van der Waals surface area contributed by atoms with Crippen LogP contribution in [0.1, 0.15) is 106 Å². The molecule has 6 nitrogen and oxygen atoms in total. The Hall–Kier alpha value is -2.08. The number of carbonyl (C=O) groups is 2. The molecule has 0 aromatic heterocycles. The molecule has 1 aromatic rings. The van der Waals surface area contributed by atoms with Crippen molar-refractivity contribution in [3.8, 4) is 17.2 Å². The van der Waals surface area contributed by atoms with Crippen molar-refractivity contribution >= 4 is 12.6 Å². The maximum absolute atomic E-state index is 11.7. The highest BCUT2D eigenvalue weighted by atomic mass is 16.3. The van der Waals surface area contributed by atoms with Gasteiger partial charge in [-0.3, -0.25) is 9.59 Å². The molecule has 4 N–H and O–H groups in total. The monoisotopic (exact) mass is 472 g/mol. The number of hydrogen-bond acceptors (Lipinski definition) is 6. The molecule has 0 radical (unpaired) electrons. The average Bonchev–Trinajstić information content (AvgIpc) is 3.27. The van der Waals surface area contributed by atoms with Crippen LogP contribution in [0.4, 0.5) is 0 Å². The molecule has 3 aliphatic rings. The van der Waals surface area contributed by atoms with Crippen LogP contribution in [-0.4, -0.2) is 38.6 Å². The van der Waals surface area contributed by atoms with Gasteiger partial charge in [-0.05, 0) is 85.4 Å². The second kappa shape index (κ2) is 7.97. The van der Waals surface area contributed by atoms with Crippen LogP contribution in [0.3, 0.4) is 0 Å². The molecule has 34 heavy (non-hydrogen) atoms. The second-order valence-electron chi connectivity index (χ2n) is 12.7. The van der Waals surface area contributed by atoms with E-state index < -0.39 is 22.8 Å². The molecule has 7 atom stereocenters. The van der Waals surface area contributed by atoms with Crippen LogP contribution in [0.5, 0.6) is 17.2 Å². The van der Waals surface area contributed by atoms with Crippen molar-refractivity contribution in [2.45, 2.75) is 85.2 Å². The highest BCUT2D eigenvalue weighted by Gasteiger charge is 2.72. The number of rotatable bonds is 6. The molecule has 0 spiro atoms. The third-order valence-corrected chi connectivity index (χ3v) is 10.0. The predicted octanol–water partition coefficient (Wildman–Crippen LogP) is 5.41. The number of benzene rings is 1. The molecule has 0 amide bonds. The zero-order chi connectivity index (χ0) is 25.4. The number of phenolic OH excluding ortho intramolecular Hbond substituents is 3. The summed E-state index contributed by atoms with van der Waals surface area (Å²) in [5, 5.41) is 44.1. The van der Waals surface area contributed by atoms with E-state index in [2.05, 4.69) is 34.6 Å². The summed E-state index contributed by atoms with van der Waals surface area (Å²) in [7, 11) is 0. The maximum Gasteiger partial charge on any atom is 0.157 e. The lowest BCUT2D eigenvalue weighted by atomic mass is 9.47. The summed E-state index contributed by atoms with van der Waals surface area (Å²) >= 11 is 0. The minimum atomic E-state index is -0.800. The Labute approximate surface area is 202 Å². The van der Waals surface area contributed by atoms with Crippen LogP contribution >= 0.6 is 0 Å². The number of phenols is 3. The summed E-state index contributed by atoms with van der Waals surface area (Å²) in [5.74, 6) is -0.575. The van der Waals surface area contributed by atoms with Crippen molar-refractivity contribution in [1.29, 1.82) is 0 Å². The Morgan fingerprint density at radius 3 is 1.97 bits per heavy atom. The molecule has 3 aliphatic carbocycles. The fourth-order valence-electron chi connectivity index (χ4n) is 8.48. The van der Waals surface area contributed by atoms with Crippen LogP contribution in [0.25, 0.3) is 0 Å². The van der Waals surface area contributed by atoms with E-state index in [9.17, 15) is 30.0 Å². The van der Waals surface area contributed by atoms with E-state index in [1.54, 1.807) is 0 Å². The zero-order valence-electron chi connectivity index (χ0n) is 21.3. The van der Waals surface area contributed by atoms with Crippen LogP contribution < -0.4 is 0 Å². The molecule has 3 fully saturated rings. The molecule has 188 valence electrons. The van der Waals surface area contributed by atoms with Gasteiger partial charge in [0, 0.05) is 5.56 Å². The Morgan fingerprint density at radius 2 is 1.47 bits per heavy atom. The molecule has 6 unspecified atom stereocenters. The number of aromatic hydroxyl groups is 3. The fourth-order valence-corrected chi connectivity index (χ4v) is 8.48. The SMILES string of the molecule is CC(C)CC(c1c(O)c(C=O)c(O)c(C=O)c1O)C1CCC(C)(O)C2C3C(CC[C@@]12C)C3(C)C. The Bertz CT molecular complexity index is 974. The van der Waals surface area contributed by atoms with Crippen molar-refractivity contribution in [3.05, 3.63) is 16.7 Å². The van der Waals surface area contributed by atoms with Crippen LogP contribution in [0.15, 0.2) is 0 Å². The van der Waals surface area contributed by atoms with E-state index in [-0.39, 0.29) is 51.2 Å². The average molecular weight is 473 g/mol. The summed E-state index contributed by atoms with van der Waals surface area (Å²) in [4.78, 5) is 23.5. The molecule has 6 heteroatoms. The number of aldehydes is 2. The van der Waals surface area contributed by atoms with E-state index in [0.29, 0.717) is 43.7 Å². The van der Waals surface area contributed by atoms with Gasteiger partial charge in [-0.1, -0.05) is 34.6 Å². The minimum absolute atomic E-state index is 0.0258. The first-order valence-corrected chi connectivity index (χ1v) is 12.7. The molecular weight excluding hydrogens is 432 g/mol. The molecule has 0 aliphatic heterocycles.